The van der Waals surface area contributed by atoms with Crippen molar-refractivity contribution >= 4 is 41.9 Å². The fraction of sp³-hybridized carbons (Fsp3) is 0.500. The van der Waals surface area contributed by atoms with Gasteiger partial charge in [0.15, 0.2) is 6.23 Å². The van der Waals surface area contributed by atoms with Crippen LogP contribution in [0.25, 0.3) is 0 Å². The lowest BCUT2D eigenvalue weighted by Crippen LogP contribution is -2.53. The number of hydrogen-bond donors (Lipinski definition) is 3. The standard InChI is InChI=1S/C24H31ClFN2O8PS/c1-13(2)34-22(31)15(4)27-37(38,36-16-6-7-18(26)17(25)11-16)33-12-19-21(30)24(5,32)23(35-19)28-9-8-14(3)10-20(28)29/h6-9,11,13,15,19,21,23,30,32H,3,10,12H2,1-2,4-5H3,(H,27,38)/t15?,19-,21-,23-,24-,37?/m1/s1. The van der Waals surface area contributed by atoms with Gasteiger partial charge in [0.1, 0.15) is 35.4 Å². The van der Waals surface area contributed by atoms with Crippen LogP contribution >= 0.6 is 18.2 Å². The Kier molecular flexibility index (Phi) is 9.76. The third-order valence-electron chi connectivity index (χ3n) is 5.73. The third-order valence-corrected chi connectivity index (χ3v) is 8.52. The molecular formula is C24H31ClFN2O8PS. The van der Waals surface area contributed by atoms with Crippen molar-refractivity contribution in [1.29, 1.82) is 0 Å². The number of rotatable bonds is 10. The Hall–Kier alpha value is -1.89. The molecule has 2 aliphatic rings. The van der Waals surface area contributed by atoms with Gasteiger partial charge in [0.2, 0.25) is 5.91 Å². The normalized spacial score (nSPS) is 27.9. The van der Waals surface area contributed by atoms with Crippen molar-refractivity contribution in [3.05, 3.63) is 53.5 Å². The summed E-state index contributed by atoms with van der Waals surface area (Å²) in [6, 6.07) is 2.60. The summed E-state index contributed by atoms with van der Waals surface area (Å²) in [5, 5.41) is 24.4. The molecule has 1 saturated heterocycles. The zero-order valence-electron chi connectivity index (χ0n) is 21.3. The van der Waals surface area contributed by atoms with Crippen molar-refractivity contribution in [2.75, 3.05) is 6.61 Å². The van der Waals surface area contributed by atoms with Gasteiger partial charge in [-0.1, -0.05) is 18.2 Å². The van der Waals surface area contributed by atoms with E-state index >= 15 is 0 Å². The van der Waals surface area contributed by atoms with Crippen molar-refractivity contribution in [3.63, 3.8) is 0 Å². The number of hydrogen-bond acceptors (Lipinski definition) is 9. The molecular weight excluding hydrogens is 562 g/mol. The Bertz CT molecular complexity index is 1170. The van der Waals surface area contributed by atoms with Gasteiger partial charge in [-0.15, -0.1) is 0 Å². The van der Waals surface area contributed by atoms with Gasteiger partial charge in [-0.3, -0.25) is 14.5 Å². The number of nitrogens with one attached hydrogen (secondary N) is 1. The maximum Gasteiger partial charge on any atom is 0.323 e. The van der Waals surface area contributed by atoms with E-state index in [0.29, 0.717) is 5.57 Å². The van der Waals surface area contributed by atoms with Crippen LogP contribution in [-0.2, 0) is 35.4 Å². The smallest absolute Gasteiger partial charge is 0.323 e. The van der Waals surface area contributed by atoms with Crippen LogP contribution in [0.4, 0.5) is 4.39 Å². The summed E-state index contributed by atoms with van der Waals surface area (Å²) in [6.07, 6.45) is -1.14. The quantitative estimate of drug-likeness (QED) is 0.275. The van der Waals surface area contributed by atoms with Gasteiger partial charge in [-0.05, 0) is 63.3 Å². The molecule has 0 radical (unpaired) electrons. The summed E-state index contributed by atoms with van der Waals surface area (Å²) in [6.45, 7) is 5.97. The summed E-state index contributed by atoms with van der Waals surface area (Å²) in [5.41, 5.74) is -1.26. The maximum absolute atomic E-state index is 13.7. The number of halogens is 2. The first-order chi connectivity index (χ1) is 17.6. The lowest BCUT2D eigenvalue weighted by molar-refractivity contribution is -0.156. The molecule has 1 aromatic rings. The monoisotopic (exact) mass is 592 g/mol. The van der Waals surface area contributed by atoms with Crippen molar-refractivity contribution in [3.8, 4) is 5.75 Å². The van der Waals surface area contributed by atoms with Crippen molar-refractivity contribution in [1.82, 2.24) is 9.99 Å². The van der Waals surface area contributed by atoms with E-state index in [9.17, 15) is 24.2 Å². The molecule has 0 aliphatic carbocycles. The van der Waals surface area contributed by atoms with Crippen LogP contribution in [0.3, 0.4) is 0 Å². The Labute approximate surface area is 230 Å². The second kappa shape index (κ2) is 12.1. The number of aliphatic hydroxyl groups is 2. The highest BCUT2D eigenvalue weighted by Crippen LogP contribution is 2.47. The predicted octanol–water partition coefficient (Wildman–Crippen LogP) is 3.17. The molecule has 2 heterocycles. The second-order valence-corrected chi connectivity index (χ2v) is 13.0. The Morgan fingerprint density at radius 1 is 1.45 bits per heavy atom. The molecule has 210 valence electrons. The van der Waals surface area contributed by atoms with Gasteiger partial charge in [0.25, 0.3) is 0 Å². The van der Waals surface area contributed by atoms with E-state index in [0.717, 1.165) is 6.07 Å². The second-order valence-electron chi connectivity index (χ2n) is 9.45. The van der Waals surface area contributed by atoms with Gasteiger partial charge in [0, 0.05) is 12.3 Å². The zero-order valence-corrected chi connectivity index (χ0v) is 23.8. The van der Waals surface area contributed by atoms with Crippen molar-refractivity contribution < 1.29 is 42.7 Å². The van der Waals surface area contributed by atoms with Crippen molar-refractivity contribution in [2.24, 2.45) is 0 Å². The largest absolute Gasteiger partial charge is 0.462 e. The van der Waals surface area contributed by atoms with E-state index in [2.05, 4.69) is 11.7 Å². The highest BCUT2D eigenvalue weighted by molar-refractivity contribution is 8.09. The number of ether oxygens (including phenoxy) is 2. The molecule has 14 heteroatoms. The first-order valence-electron chi connectivity index (χ1n) is 11.7. The molecule has 3 N–H and O–H groups in total. The van der Waals surface area contributed by atoms with Crippen LogP contribution in [0.15, 0.2) is 42.6 Å². The summed E-state index contributed by atoms with van der Waals surface area (Å²) in [7, 11) is 0. The van der Waals surface area contributed by atoms with Crippen LogP contribution < -0.4 is 9.61 Å². The van der Waals surface area contributed by atoms with Crippen LogP contribution in [0, 0.1) is 5.82 Å². The number of carbonyl (C=O) groups is 2. The summed E-state index contributed by atoms with van der Waals surface area (Å²) in [4.78, 5) is 26.1. The molecule has 1 amide bonds. The van der Waals surface area contributed by atoms with E-state index in [4.69, 9.17) is 41.9 Å². The minimum absolute atomic E-state index is 0.0346. The van der Waals surface area contributed by atoms with E-state index < -0.39 is 55.1 Å². The van der Waals surface area contributed by atoms with Crippen LogP contribution in [-0.4, -0.2) is 69.8 Å². The number of carbonyl (C=O) groups excluding carboxylic acids is 2. The summed E-state index contributed by atoms with van der Waals surface area (Å²) in [5.74, 6) is -1.58. The molecule has 38 heavy (non-hydrogen) atoms. The van der Waals surface area contributed by atoms with E-state index in [-0.39, 0.29) is 29.2 Å². The molecule has 10 nitrogen and oxygen atoms in total. The average Bonchev–Trinajstić information content (AvgIpc) is 3.03. The SMILES string of the molecule is C=C1C=CN([C@@H]2O[C@H](COP(=S)(NC(C)C(=O)OC(C)C)Oc3ccc(F)c(Cl)c3)[C@@H](O)[C@@]2(C)O)C(=O)C1. The molecule has 1 aromatic carbocycles. The first-order valence-corrected chi connectivity index (χ1v) is 14.7. The van der Waals surface area contributed by atoms with Gasteiger partial charge in [0.05, 0.1) is 24.2 Å². The molecule has 0 spiro atoms. The number of benzene rings is 1. The van der Waals surface area contributed by atoms with Crippen LogP contribution in [0.5, 0.6) is 5.75 Å². The van der Waals surface area contributed by atoms with Gasteiger partial charge in [-0.25, -0.2) is 9.48 Å². The van der Waals surface area contributed by atoms with Gasteiger partial charge < -0.3 is 28.7 Å². The van der Waals surface area contributed by atoms with Crippen LogP contribution in [0.2, 0.25) is 5.02 Å². The maximum atomic E-state index is 13.7. The molecule has 2 unspecified atom stereocenters. The average molecular weight is 593 g/mol. The fourth-order valence-corrected chi connectivity index (χ4v) is 6.34. The first kappa shape index (κ1) is 30.6. The van der Waals surface area contributed by atoms with Crippen molar-refractivity contribution in [2.45, 2.75) is 70.3 Å². The topological polar surface area (TPSA) is 127 Å². The molecule has 2 aliphatic heterocycles. The van der Waals surface area contributed by atoms with E-state index in [1.807, 2.05) is 0 Å². The van der Waals surface area contributed by atoms with Gasteiger partial charge >= 0.3 is 12.6 Å². The van der Waals surface area contributed by atoms with Crippen LogP contribution in [0.1, 0.15) is 34.1 Å². The lowest BCUT2D eigenvalue weighted by atomic mass is 9.95. The third kappa shape index (κ3) is 7.19. The highest BCUT2D eigenvalue weighted by atomic mass is 35.5. The number of amides is 1. The molecule has 6 atom stereocenters. The van der Waals surface area contributed by atoms with Gasteiger partial charge in [-0.2, -0.15) is 0 Å². The lowest BCUT2D eigenvalue weighted by Gasteiger charge is -2.35. The van der Waals surface area contributed by atoms with E-state index in [1.54, 1.807) is 19.9 Å². The molecule has 0 bridgehead atoms. The Balaban J connectivity index is 1.80. The Morgan fingerprint density at radius 3 is 2.74 bits per heavy atom. The number of esters is 1. The number of allylic oxidation sites excluding steroid dienone is 1. The molecule has 1 fully saturated rings. The highest BCUT2D eigenvalue weighted by Gasteiger charge is 2.55. The zero-order chi connectivity index (χ0) is 28.4. The predicted molar refractivity (Wildman–Crippen MR) is 141 cm³/mol. The minimum Gasteiger partial charge on any atom is -0.462 e. The minimum atomic E-state index is -3.60. The fourth-order valence-electron chi connectivity index (χ4n) is 3.76. The molecule has 0 aromatic heterocycles. The molecule has 0 saturated carbocycles. The number of aliphatic hydroxyl groups excluding tert-OH is 1. The summed E-state index contributed by atoms with van der Waals surface area (Å²) < 4.78 is 36.4. The Morgan fingerprint density at radius 2 is 2.13 bits per heavy atom. The molecule has 3 rings (SSSR count). The summed E-state index contributed by atoms with van der Waals surface area (Å²) >= 11 is 11.5. The van der Waals surface area contributed by atoms with E-state index in [1.165, 1.54) is 37.1 Å². The number of nitrogens with zero attached hydrogens (tertiary/aromatic N) is 1.